The minimum absolute atomic E-state index is 0.124. The third-order valence-electron chi connectivity index (χ3n) is 4.27. The van der Waals surface area contributed by atoms with E-state index in [-0.39, 0.29) is 11.8 Å². The SMILES string of the molecule is O=C(CCSc1ccccc1)N1CC(c2nc(-c3cccnc3)no2)C1. The number of carbonyl (C=O) groups is 1. The number of carbonyl (C=O) groups excluding carboxylic acids is 1. The summed E-state index contributed by atoms with van der Waals surface area (Å²) < 4.78 is 5.36. The van der Waals surface area contributed by atoms with Gasteiger partial charge in [0, 0.05) is 48.1 Å². The van der Waals surface area contributed by atoms with Gasteiger partial charge in [0.15, 0.2) is 0 Å². The van der Waals surface area contributed by atoms with E-state index in [0.29, 0.717) is 31.2 Å². The highest BCUT2D eigenvalue weighted by molar-refractivity contribution is 7.99. The van der Waals surface area contributed by atoms with Crippen molar-refractivity contribution in [3.8, 4) is 11.4 Å². The van der Waals surface area contributed by atoms with Crippen LogP contribution in [0.2, 0.25) is 0 Å². The van der Waals surface area contributed by atoms with Gasteiger partial charge in [0.25, 0.3) is 0 Å². The summed E-state index contributed by atoms with van der Waals surface area (Å²) in [6, 6.07) is 13.9. The van der Waals surface area contributed by atoms with E-state index in [2.05, 4.69) is 27.3 Å². The van der Waals surface area contributed by atoms with Crippen LogP contribution in [-0.2, 0) is 4.79 Å². The summed E-state index contributed by atoms with van der Waals surface area (Å²) in [6.07, 6.45) is 3.95. The Labute approximate surface area is 155 Å². The molecule has 0 aliphatic carbocycles. The number of amides is 1. The third-order valence-corrected chi connectivity index (χ3v) is 5.29. The fraction of sp³-hybridized carbons (Fsp3) is 0.263. The van der Waals surface area contributed by atoms with E-state index in [1.165, 1.54) is 4.90 Å². The van der Waals surface area contributed by atoms with Crippen molar-refractivity contribution < 1.29 is 9.32 Å². The lowest BCUT2D eigenvalue weighted by Crippen LogP contribution is -2.48. The number of pyridine rings is 1. The molecule has 1 aromatic carbocycles. The van der Waals surface area contributed by atoms with Gasteiger partial charge in [0.05, 0.1) is 5.92 Å². The molecule has 26 heavy (non-hydrogen) atoms. The summed E-state index contributed by atoms with van der Waals surface area (Å²) in [4.78, 5) is 23.8. The van der Waals surface area contributed by atoms with Gasteiger partial charge in [-0.05, 0) is 24.3 Å². The molecule has 0 bridgehead atoms. The second-order valence-electron chi connectivity index (χ2n) is 6.11. The van der Waals surface area contributed by atoms with Gasteiger partial charge in [-0.2, -0.15) is 4.98 Å². The maximum absolute atomic E-state index is 12.3. The Morgan fingerprint density at radius 1 is 1.19 bits per heavy atom. The number of thioether (sulfide) groups is 1. The summed E-state index contributed by atoms with van der Waals surface area (Å²) in [6.45, 7) is 1.28. The van der Waals surface area contributed by atoms with Crippen LogP contribution < -0.4 is 0 Å². The van der Waals surface area contributed by atoms with Crippen molar-refractivity contribution in [2.24, 2.45) is 0 Å². The molecule has 0 saturated carbocycles. The maximum Gasteiger partial charge on any atom is 0.233 e. The maximum atomic E-state index is 12.3. The Kier molecular flexibility index (Phi) is 4.97. The van der Waals surface area contributed by atoms with E-state index in [0.717, 1.165) is 11.3 Å². The second kappa shape index (κ2) is 7.70. The average molecular weight is 366 g/mol. The lowest BCUT2D eigenvalue weighted by molar-refractivity contribution is -0.135. The van der Waals surface area contributed by atoms with Crippen LogP contribution in [0.1, 0.15) is 18.2 Å². The summed E-state index contributed by atoms with van der Waals surface area (Å²) in [5, 5.41) is 4.01. The van der Waals surface area contributed by atoms with Crippen molar-refractivity contribution in [1.29, 1.82) is 0 Å². The molecule has 6 nitrogen and oxygen atoms in total. The average Bonchev–Trinajstić information content (AvgIpc) is 3.12. The quantitative estimate of drug-likeness (QED) is 0.624. The van der Waals surface area contributed by atoms with Crippen LogP contribution in [-0.4, -0.2) is 44.8 Å². The first-order chi connectivity index (χ1) is 12.8. The van der Waals surface area contributed by atoms with E-state index in [1.54, 1.807) is 24.2 Å². The van der Waals surface area contributed by atoms with Crippen LogP contribution in [0.5, 0.6) is 0 Å². The van der Waals surface area contributed by atoms with E-state index in [1.807, 2.05) is 35.2 Å². The monoisotopic (exact) mass is 366 g/mol. The van der Waals surface area contributed by atoms with Crippen molar-refractivity contribution in [1.82, 2.24) is 20.0 Å². The van der Waals surface area contributed by atoms with Gasteiger partial charge in [-0.1, -0.05) is 23.4 Å². The molecule has 1 aliphatic rings. The molecular weight excluding hydrogens is 348 g/mol. The first-order valence-electron chi connectivity index (χ1n) is 8.49. The molecule has 2 aromatic heterocycles. The second-order valence-corrected chi connectivity index (χ2v) is 7.27. The van der Waals surface area contributed by atoms with Crippen molar-refractivity contribution in [2.75, 3.05) is 18.8 Å². The van der Waals surface area contributed by atoms with Crippen molar-refractivity contribution in [3.63, 3.8) is 0 Å². The molecule has 1 amide bonds. The molecular formula is C19H18N4O2S. The Bertz CT molecular complexity index is 864. The minimum Gasteiger partial charge on any atom is -0.341 e. The van der Waals surface area contributed by atoms with Crippen molar-refractivity contribution in [3.05, 3.63) is 60.7 Å². The molecule has 0 atom stereocenters. The van der Waals surface area contributed by atoms with E-state index >= 15 is 0 Å². The summed E-state index contributed by atoms with van der Waals surface area (Å²) >= 11 is 1.70. The van der Waals surface area contributed by atoms with Crippen LogP contribution in [0, 0.1) is 0 Å². The minimum atomic E-state index is 0.124. The van der Waals surface area contributed by atoms with Crippen LogP contribution in [0.15, 0.2) is 64.3 Å². The fourth-order valence-electron chi connectivity index (χ4n) is 2.78. The summed E-state index contributed by atoms with van der Waals surface area (Å²) in [7, 11) is 0. The summed E-state index contributed by atoms with van der Waals surface area (Å²) in [5.41, 5.74) is 0.827. The third kappa shape index (κ3) is 3.77. The van der Waals surface area contributed by atoms with E-state index in [4.69, 9.17) is 4.52 Å². The summed E-state index contributed by atoms with van der Waals surface area (Å²) in [5.74, 6) is 2.22. The Balaban J connectivity index is 1.25. The van der Waals surface area contributed by atoms with Crippen LogP contribution in [0.25, 0.3) is 11.4 Å². The molecule has 3 heterocycles. The zero-order chi connectivity index (χ0) is 17.8. The predicted octanol–water partition coefficient (Wildman–Crippen LogP) is 3.24. The lowest BCUT2D eigenvalue weighted by Gasteiger charge is -2.37. The number of likely N-dealkylation sites (tertiary alicyclic amines) is 1. The van der Waals surface area contributed by atoms with Gasteiger partial charge in [0.1, 0.15) is 0 Å². The zero-order valence-electron chi connectivity index (χ0n) is 14.1. The molecule has 7 heteroatoms. The van der Waals surface area contributed by atoms with Crippen LogP contribution in [0.3, 0.4) is 0 Å². The number of rotatable bonds is 6. The lowest BCUT2D eigenvalue weighted by atomic mass is 10.00. The molecule has 1 aliphatic heterocycles. The van der Waals surface area contributed by atoms with Crippen LogP contribution >= 0.6 is 11.8 Å². The number of aromatic nitrogens is 3. The number of hydrogen-bond donors (Lipinski definition) is 0. The van der Waals surface area contributed by atoms with Gasteiger partial charge in [-0.25, -0.2) is 0 Å². The van der Waals surface area contributed by atoms with Gasteiger partial charge in [-0.3, -0.25) is 9.78 Å². The van der Waals surface area contributed by atoms with Crippen LogP contribution in [0.4, 0.5) is 0 Å². The Morgan fingerprint density at radius 3 is 2.81 bits per heavy atom. The molecule has 1 fully saturated rings. The molecule has 0 radical (unpaired) electrons. The highest BCUT2D eigenvalue weighted by Gasteiger charge is 2.35. The predicted molar refractivity (Wildman–Crippen MR) is 98.6 cm³/mol. The normalized spacial score (nSPS) is 14.2. The smallest absolute Gasteiger partial charge is 0.233 e. The Morgan fingerprint density at radius 2 is 2.04 bits per heavy atom. The van der Waals surface area contributed by atoms with Crippen molar-refractivity contribution in [2.45, 2.75) is 17.2 Å². The van der Waals surface area contributed by atoms with E-state index < -0.39 is 0 Å². The topological polar surface area (TPSA) is 72.1 Å². The Hall–Kier alpha value is -2.67. The fourth-order valence-corrected chi connectivity index (χ4v) is 3.64. The van der Waals surface area contributed by atoms with Gasteiger partial charge < -0.3 is 9.42 Å². The highest BCUT2D eigenvalue weighted by Crippen LogP contribution is 2.28. The molecule has 132 valence electrons. The highest BCUT2D eigenvalue weighted by atomic mass is 32.2. The first-order valence-corrected chi connectivity index (χ1v) is 9.48. The van der Waals surface area contributed by atoms with E-state index in [9.17, 15) is 4.79 Å². The number of nitrogens with zero attached hydrogens (tertiary/aromatic N) is 4. The molecule has 0 unspecified atom stereocenters. The van der Waals surface area contributed by atoms with Crippen molar-refractivity contribution >= 4 is 17.7 Å². The standard InChI is InChI=1S/C19H18N4O2S/c24-17(8-10-26-16-6-2-1-3-7-16)23-12-15(13-23)19-21-18(22-25-19)14-5-4-9-20-11-14/h1-7,9,11,15H,8,10,12-13H2. The number of hydrogen-bond acceptors (Lipinski definition) is 6. The largest absolute Gasteiger partial charge is 0.341 e. The van der Waals surface area contributed by atoms with Gasteiger partial charge in [0.2, 0.25) is 17.6 Å². The van der Waals surface area contributed by atoms with Gasteiger partial charge in [-0.15, -0.1) is 11.8 Å². The molecule has 3 aromatic rings. The zero-order valence-corrected chi connectivity index (χ0v) is 14.9. The molecule has 0 spiro atoms. The van der Waals surface area contributed by atoms with Gasteiger partial charge >= 0.3 is 0 Å². The first kappa shape index (κ1) is 16.8. The number of benzene rings is 1. The molecule has 1 saturated heterocycles. The molecule has 0 N–H and O–H groups in total. The molecule has 4 rings (SSSR count).